The molecule has 18 heavy (non-hydrogen) atoms. The van der Waals surface area contributed by atoms with Gasteiger partial charge in [-0.3, -0.25) is 14.2 Å². The van der Waals surface area contributed by atoms with Crippen LogP contribution in [0.25, 0.3) is 0 Å². The summed E-state index contributed by atoms with van der Waals surface area (Å²) in [4.78, 5) is 11.7. The second-order valence-electron chi connectivity index (χ2n) is 3.88. The quantitative estimate of drug-likeness (QED) is 0.825. The molecule has 2 rings (SSSR count). The Morgan fingerprint density at radius 1 is 1.56 bits per heavy atom. The maximum atomic E-state index is 11.7. The molecule has 0 saturated heterocycles. The molecule has 0 atom stereocenters. The highest BCUT2D eigenvalue weighted by Crippen LogP contribution is 2.12. The van der Waals surface area contributed by atoms with Crippen molar-refractivity contribution in [2.24, 2.45) is 7.05 Å². The predicted molar refractivity (Wildman–Crippen MR) is 67.4 cm³/mol. The van der Waals surface area contributed by atoms with E-state index in [2.05, 4.69) is 15.5 Å². The monoisotopic (exact) mass is 267 g/mol. The molecule has 0 aliphatic rings. The molecule has 0 spiro atoms. The lowest BCUT2D eigenvalue weighted by molar-refractivity contribution is 0.0947. The summed E-state index contributed by atoms with van der Waals surface area (Å²) in [5.41, 5.74) is 0.262. The molecule has 1 amide bonds. The van der Waals surface area contributed by atoms with Gasteiger partial charge in [-0.25, -0.2) is 0 Å². The number of nitrogens with one attached hydrogen (secondary N) is 1. The topological polar surface area (TPSA) is 64.7 Å². The first-order chi connectivity index (χ1) is 8.66. The van der Waals surface area contributed by atoms with Crippen LogP contribution < -0.4 is 5.32 Å². The van der Waals surface area contributed by atoms with Gasteiger partial charge in [-0.05, 0) is 12.5 Å². The molecule has 7 heteroatoms. The minimum absolute atomic E-state index is 0.249. The van der Waals surface area contributed by atoms with Crippen molar-refractivity contribution in [3.8, 4) is 0 Å². The highest BCUT2D eigenvalue weighted by Gasteiger charge is 2.13. The lowest BCUT2D eigenvalue weighted by Crippen LogP contribution is -2.26. The van der Waals surface area contributed by atoms with Crippen molar-refractivity contribution >= 4 is 17.5 Å². The standard InChI is InChI=1S/C11H14ClN5O/c1-16-8-9(12)10(15-16)11(18)13-4-2-6-17-7-3-5-14-17/h3,5,7-8H,2,4,6H2,1H3,(H,13,18). The first kappa shape index (κ1) is 12.6. The second-order valence-corrected chi connectivity index (χ2v) is 4.29. The van der Waals surface area contributed by atoms with Crippen molar-refractivity contribution in [3.05, 3.63) is 35.4 Å². The number of aryl methyl sites for hydroxylation is 2. The molecule has 0 radical (unpaired) electrons. The Balaban J connectivity index is 1.77. The smallest absolute Gasteiger partial charge is 0.273 e. The average molecular weight is 268 g/mol. The van der Waals surface area contributed by atoms with Gasteiger partial charge in [-0.2, -0.15) is 10.2 Å². The van der Waals surface area contributed by atoms with Crippen LogP contribution in [0.4, 0.5) is 0 Å². The van der Waals surface area contributed by atoms with Crippen LogP contribution in [0.1, 0.15) is 16.9 Å². The first-order valence-electron chi connectivity index (χ1n) is 5.61. The van der Waals surface area contributed by atoms with Gasteiger partial charge in [-0.15, -0.1) is 0 Å². The third kappa shape index (κ3) is 3.10. The number of hydrogen-bond donors (Lipinski definition) is 1. The van der Waals surface area contributed by atoms with E-state index in [0.717, 1.165) is 13.0 Å². The molecule has 0 aliphatic heterocycles. The Bertz CT molecular complexity index is 520. The molecule has 0 bridgehead atoms. The van der Waals surface area contributed by atoms with Gasteiger partial charge in [0.2, 0.25) is 0 Å². The lowest BCUT2D eigenvalue weighted by Gasteiger charge is -2.03. The van der Waals surface area contributed by atoms with Crippen LogP contribution in [0.15, 0.2) is 24.7 Å². The van der Waals surface area contributed by atoms with Gasteiger partial charge in [0, 0.05) is 38.7 Å². The van der Waals surface area contributed by atoms with Gasteiger partial charge in [-0.1, -0.05) is 11.6 Å². The van der Waals surface area contributed by atoms with E-state index >= 15 is 0 Å². The summed E-state index contributed by atoms with van der Waals surface area (Å²) < 4.78 is 3.33. The first-order valence-corrected chi connectivity index (χ1v) is 5.99. The van der Waals surface area contributed by atoms with E-state index in [1.54, 1.807) is 19.4 Å². The van der Waals surface area contributed by atoms with Crippen molar-refractivity contribution in [3.63, 3.8) is 0 Å². The van der Waals surface area contributed by atoms with Crippen LogP contribution in [0.2, 0.25) is 5.02 Å². The highest BCUT2D eigenvalue weighted by atomic mass is 35.5. The number of carbonyl (C=O) groups is 1. The molecule has 2 aromatic heterocycles. The fraction of sp³-hybridized carbons (Fsp3) is 0.364. The molecule has 96 valence electrons. The molecular weight excluding hydrogens is 254 g/mol. The summed E-state index contributed by atoms with van der Waals surface area (Å²) in [6, 6.07) is 1.87. The zero-order valence-corrected chi connectivity index (χ0v) is 10.8. The number of halogens is 1. The Kier molecular flexibility index (Phi) is 3.99. The van der Waals surface area contributed by atoms with Gasteiger partial charge >= 0.3 is 0 Å². The highest BCUT2D eigenvalue weighted by molar-refractivity contribution is 6.33. The van der Waals surface area contributed by atoms with Crippen LogP contribution in [0.5, 0.6) is 0 Å². The zero-order chi connectivity index (χ0) is 13.0. The van der Waals surface area contributed by atoms with Gasteiger partial charge < -0.3 is 5.32 Å². The summed E-state index contributed by atoms with van der Waals surface area (Å²) in [6.07, 6.45) is 6.02. The van der Waals surface area contributed by atoms with E-state index < -0.39 is 0 Å². The molecule has 1 N–H and O–H groups in total. The zero-order valence-electron chi connectivity index (χ0n) is 10.0. The fourth-order valence-corrected chi connectivity index (χ4v) is 1.84. The SMILES string of the molecule is Cn1cc(Cl)c(C(=O)NCCCn2cccn2)n1. The van der Waals surface area contributed by atoms with Crippen molar-refractivity contribution < 1.29 is 4.79 Å². The molecule has 2 aromatic rings. The maximum Gasteiger partial charge on any atom is 0.273 e. The number of amides is 1. The Labute approximate surface area is 110 Å². The molecule has 0 fully saturated rings. The molecule has 0 unspecified atom stereocenters. The van der Waals surface area contributed by atoms with E-state index in [0.29, 0.717) is 11.6 Å². The van der Waals surface area contributed by atoms with Crippen LogP contribution in [-0.2, 0) is 13.6 Å². The lowest BCUT2D eigenvalue weighted by atomic mass is 10.3. The number of nitrogens with zero attached hydrogens (tertiary/aromatic N) is 4. The minimum atomic E-state index is -0.249. The summed E-state index contributed by atoms with van der Waals surface area (Å²) in [5, 5.41) is 11.2. The van der Waals surface area contributed by atoms with Crippen molar-refractivity contribution in [1.29, 1.82) is 0 Å². The Morgan fingerprint density at radius 2 is 2.39 bits per heavy atom. The molecule has 0 saturated carbocycles. The molecule has 6 nitrogen and oxygen atoms in total. The van der Waals surface area contributed by atoms with Gasteiger partial charge in [0.15, 0.2) is 5.69 Å². The molecular formula is C11H14ClN5O. The normalized spacial score (nSPS) is 10.6. The predicted octanol–water partition coefficient (Wildman–Crippen LogP) is 1.09. The second kappa shape index (κ2) is 5.68. The summed E-state index contributed by atoms with van der Waals surface area (Å²) in [5.74, 6) is -0.249. The van der Waals surface area contributed by atoms with Crippen LogP contribution in [0.3, 0.4) is 0 Å². The number of aromatic nitrogens is 4. The van der Waals surface area contributed by atoms with E-state index in [-0.39, 0.29) is 11.6 Å². The molecule has 2 heterocycles. The summed E-state index contributed by atoms with van der Waals surface area (Å²) in [6.45, 7) is 1.33. The maximum absolute atomic E-state index is 11.7. The van der Waals surface area contributed by atoms with E-state index in [1.807, 2.05) is 16.9 Å². The van der Waals surface area contributed by atoms with Gasteiger partial charge in [0.05, 0.1) is 5.02 Å². The summed E-state index contributed by atoms with van der Waals surface area (Å²) >= 11 is 5.88. The number of hydrogen-bond acceptors (Lipinski definition) is 3. The largest absolute Gasteiger partial charge is 0.351 e. The Hall–Kier alpha value is -1.82. The molecule has 0 aromatic carbocycles. The van der Waals surface area contributed by atoms with Gasteiger partial charge in [0.1, 0.15) is 0 Å². The van der Waals surface area contributed by atoms with Crippen LogP contribution in [0, 0.1) is 0 Å². The third-order valence-electron chi connectivity index (χ3n) is 2.41. The van der Waals surface area contributed by atoms with E-state index in [9.17, 15) is 4.79 Å². The third-order valence-corrected chi connectivity index (χ3v) is 2.68. The van der Waals surface area contributed by atoms with E-state index in [1.165, 1.54) is 4.68 Å². The van der Waals surface area contributed by atoms with Crippen molar-refractivity contribution in [1.82, 2.24) is 24.9 Å². The number of rotatable bonds is 5. The van der Waals surface area contributed by atoms with Crippen molar-refractivity contribution in [2.75, 3.05) is 6.54 Å². The number of carbonyl (C=O) groups excluding carboxylic acids is 1. The Morgan fingerprint density at radius 3 is 3.00 bits per heavy atom. The average Bonchev–Trinajstić information content (AvgIpc) is 2.94. The van der Waals surface area contributed by atoms with Crippen molar-refractivity contribution in [2.45, 2.75) is 13.0 Å². The summed E-state index contributed by atoms with van der Waals surface area (Å²) in [7, 11) is 1.72. The van der Waals surface area contributed by atoms with Crippen LogP contribution >= 0.6 is 11.6 Å². The fourth-order valence-electron chi connectivity index (χ4n) is 1.57. The van der Waals surface area contributed by atoms with E-state index in [4.69, 9.17) is 11.6 Å². The molecule has 0 aliphatic carbocycles. The van der Waals surface area contributed by atoms with Gasteiger partial charge in [0.25, 0.3) is 5.91 Å². The minimum Gasteiger partial charge on any atom is -0.351 e. The van der Waals surface area contributed by atoms with Crippen LogP contribution in [-0.4, -0.2) is 32.0 Å².